The van der Waals surface area contributed by atoms with Crippen molar-refractivity contribution in [3.63, 3.8) is 0 Å². The number of carbonyl (C=O) groups is 3. The molecule has 0 aliphatic heterocycles. The minimum atomic E-state index is -2.08. The van der Waals surface area contributed by atoms with Crippen LogP contribution in [-0.4, -0.2) is 47.0 Å². The second-order valence-corrected chi connectivity index (χ2v) is 7.19. The molecular weight excluding hydrogens is 493 g/mol. The topological polar surface area (TPSA) is 96.7 Å². The van der Waals surface area contributed by atoms with Crippen LogP contribution >= 0.6 is 11.6 Å². The first-order chi connectivity index (χ1) is 16.7. The molecule has 1 heterocycles. The molecule has 0 unspecified atom stereocenters. The SMILES string of the molecule is CCOC(=O)C(OC(=O)c1nn(-c2cc(F)ccc2F)c(-c2ccc(F)cc2)c1Cl)C(=O)OCC. The van der Waals surface area contributed by atoms with E-state index in [-0.39, 0.29) is 24.5 Å². The van der Waals surface area contributed by atoms with Crippen LogP contribution in [0.2, 0.25) is 5.02 Å². The van der Waals surface area contributed by atoms with Gasteiger partial charge in [-0.1, -0.05) is 11.6 Å². The molecule has 35 heavy (non-hydrogen) atoms. The van der Waals surface area contributed by atoms with Gasteiger partial charge in [0, 0.05) is 11.6 Å². The largest absolute Gasteiger partial charge is 0.463 e. The molecular formula is C23H18ClF3N2O6. The molecule has 0 N–H and O–H groups in total. The molecule has 184 valence electrons. The lowest BCUT2D eigenvalue weighted by Crippen LogP contribution is -2.38. The third kappa shape index (κ3) is 5.62. The van der Waals surface area contributed by atoms with E-state index in [4.69, 9.17) is 25.8 Å². The summed E-state index contributed by atoms with van der Waals surface area (Å²) in [4.78, 5) is 37.2. The van der Waals surface area contributed by atoms with Crippen molar-refractivity contribution in [3.05, 3.63) is 70.6 Å². The molecule has 1 aromatic heterocycles. The molecule has 0 amide bonds. The Morgan fingerprint density at radius 3 is 2.09 bits per heavy atom. The zero-order chi connectivity index (χ0) is 25.7. The van der Waals surface area contributed by atoms with Gasteiger partial charge in [-0.2, -0.15) is 5.10 Å². The number of aromatic nitrogens is 2. The van der Waals surface area contributed by atoms with Crippen LogP contribution < -0.4 is 0 Å². The fraction of sp³-hybridized carbons (Fsp3) is 0.217. The minimum absolute atomic E-state index is 0.105. The predicted octanol–water partition coefficient (Wildman–Crippen LogP) is 4.26. The van der Waals surface area contributed by atoms with Gasteiger partial charge in [0.1, 0.15) is 28.2 Å². The number of ether oxygens (including phenoxy) is 3. The lowest BCUT2D eigenvalue weighted by Gasteiger charge is -2.14. The van der Waals surface area contributed by atoms with Crippen LogP contribution in [0.4, 0.5) is 13.2 Å². The van der Waals surface area contributed by atoms with Gasteiger partial charge in [-0.25, -0.2) is 32.2 Å². The summed E-state index contributed by atoms with van der Waals surface area (Å²) < 4.78 is 57.2. The number of esters is 3. The van der Waals surface area contributed by atoms with Gasteiger partial charge >= 0.3 is 17.9 Å². The van der Waals surface area contributed by atoms with E-state index in [0.29, 0.717) is 0 Å². The fourth-order valence-corrected chi connectivity index (χ4v) is 3.30. The molecule has 0 aliphatic rings. The van der Waals surface area contributed by atoms with Crippen LogP contribution in [0.1, 0.15) is 24.3 Å². The van der Waals surface area contributed by atoms with Gasteiger partial charge in [-0.05, 0) is 50.2 Å². The van der Waals surface area contributed by atoms with Crippen molar-refractivity contribution in [1.82, 2.24) is 9.78 Å². The number of benzene rings is 2. The number of hydrogen-bond acceptors (Lipinski definition) is 7. The quantitative estimate of drug-likeness (QED) is 0.254. The molecule has 0 saturated carbocycles. The van der Waals surface area contributed by atoms with Crippen LogP contribution in [0, 0.1) is 17.5 Å². The average molecular weight is 511 g/mol. The maximum absolute atomic E-state index is 14.6. The smallest absolute Gasteiger partial charge is 0.361 e. The highest BCUT2D eigenvalue weighted by Crippen LogP contribution is 2.34. The fourth-order valence-electron chi connectivity index (χ4n) is 3.00. The molecule has 0 bridgehead atoms. The Balaban J connectivity index is 2.12. The molecule has 0 fully saturated rings. The number of halogens is 4. The third-order valence-electron chi connectivity index (χ3n) is 4.50. The van der Waals surface area contributed by atoms with Crippen LogP contribution in [-0.2, 0) is 23.8 Å². The Kier molecular flexibility index (Phi) is 8.13. The number of rotatable bonds is 8. The van der Waals surface area contributed by atoms with E-state index in [2.05, 4.69) is 5.10 Å². The normalized spacial score (nSPS) is 10.8. The Hall–Kier alpha value is -3.86. The molecule has 2 aromatic carbocycles. The summed E-state index contributed by atoms with van der Waals surface area (Å²) >= 11 is 6.38. The van der Waals surface area contributed by atoms with Crippen molar-refractivity contribution in [1.29, 1.82) is 0 Å². The lowest BCUT2D eigenvalue weighted by molar-refractivity contribution is -0.168. The van der Waals surface area contributed by atoms with Crippen molar-refractivity contribution in [2.75, 3.05) is 13.2 Å². The van der Waals surface area contributed by atoms with E-state index in [1.54, 1.807) is 0 Å². The highest BCUT2D eigenvalue weighted by molar-refractivity contribution is 6.36. The monoisotopic (exact) mass is 510 g/mol. The van der Waals surface area contributed by atoms with Crippen molar-refractivity contribution in [3.8, 4) is 16.9 Å². The molecule has 8 nitrogen and oxygen atoms in total. The molecule has 0 saturated heterocycles. The predicted molar refractivity (Wildman–Crippen MR) is 116 cm³/mol. The first-order valence-electron chi connectivity index (χ1n) is 10.2. The summed E-state index contributed by atoms with van der Waals surface area (Å²) in [5, 5.41) is 3.56. The second kappa shape index (κ2) is 11.0. The number of nitrogens with zero attached hydrogens (tertiary/aromatic N) is 2. The van der Waals surface area contributed by atoms with Crippen molar-refractivity contribution < 1.29 is 41.8 Å². The Bertz CT molecular complexity index is 1240. The Morgan fingerprint density at radius 1 is 0.943 bits per heavy atom. The number of hydrogen-bond donors (Lipinski definition) is 0. The van der Waals surface area contributed by atoms with Gasteiger partial charge in [-0.3, -0.25) is 0 Å². The van der Waals surface area contributed by atoms with E-state index in [1.165, 1.54) is 26.0 Å². The van der Waals surface area contributed by atoms with Crippen molar-refractivity contribution in [2.24, 2.45) is 0 Å². The molecule has 0 radical (unpaired) electrons. The van der Waals surface area contributed by atoms with Crippen LogP contribution in [0.25, 0.3) is 16.9 Å². The Labute approximate surface area is 202 Å². The summed E-state index contributed by atoms with van der Waals surface area (Å²) in [7, 11) is 0. The van der Waals surface area contributed by atoms with Crippen molar-refractivity contribution >= 4 is 29.5 Å². The van der Waals surface area contributed by atoms with Crippen LogP contribution in [0.15, 0.2) is 42.5 Å². The lowest BCUT2D eigenvalue weighted by atomic mass is 10.1. The standard InChI is InChI=1S/C23H18ClF3N2O6/c1-3-33-22(31)20(23(32)34-4-2)35-21(30)18-17(24)19(12-5-7-13(25)8-6-12)29(28-18)16-11-14(26)9-10-15(16)27/h5-11,20H,3-4H2,1-2H3. The van der Waals surface area contributed by atoms with Gasteiger partial charge in [-0.15, -0.1) is 0 Å². The van der Waals surface area contributed by atoms with E-state index in [0.717, 1.165) is 35.0 Å². The van der Waals surface area contributed by atoms with Gasteiger partial charge in [0.25, 0.3) is 6.10 Å². The van der Waals surface area contributed by atoms with E-state index < -0.39 is 57.9 Å². The summed E-state index contributed by atoms with van der Waals surface area (Å²) in [5.41, 5.74) is -0.961. The highest BCUT2D eigenvalue weighted by Gasteiger charge is 2.36. The van der Waals surface area contributed by atoms with Gasteiger partial charge < -0.3 is 14.2 Å². The first kappa shape index (κ1) is 25.8. The summed E-state index contributed by atoms with van der Waals surface area (Å²) in [5.74, 6) is -6.04. The Morgan fingerprint density at radius 2 is 1.51 bits per heavy atom. The number of carbonyl (C=O) groups excluding carboxylic acids is 3. The molecule has 0 spiro atoms. The first-order valence-corrected chi connectivity index (χ1v) is 10.6. The van der Waals surface area contributed by atoms with Crippen LogP contribution in [0.3, 0.4) is 0 Å². The average Bonchev–Trinajstić information content (AvgIpc) is 3.16. The van der Waals surface area contributed by atoms with Gasteiger partial charge in [0.05, 0.1) is 18.9 Å². The van der Waals surface area contributed by atoms with Gasteiger partial charge in [0.15, 0.2) is 5.69 Å². The zero-order valence-corrected chi connectivity index (χ0v) is 19.1. The minimum Gasteiger partial charge on any atom is -0.463 e. The zero-order valence-electron chi connectivity index (χ0n) is 18.4. The van der Waals surface area contributed by atoms with Crippen LogP contribution in [0.5, 0.6) is 0 Å². The summed E-state index contributed by atoms with van der Waals surface area (Å²) in [6.45, 7) is 2.72. The molecule has 3 rings (SSSR count). The molecule has 3 aromatic rings. The van der Waals surface area contributed by atoms with Gasteiger partial charge in [0.2, 0.25) is 0 Å². The third-order valence-corrected chi connectivity index (χ3v) is 4.86. The maximum Gasteiger partial charge on any atom is 0.361 e. The highest BCUT2D eigenvalue weighted by atomic mass is 35.5. The molecule has 0 aliphatic carbocycles. The van der Waals surface area contributed by atoms with E-state index in [1.807, 2.05) is 0 Å². The maximum atomic E-state index is 14.6. The summed E-state index contributed by atoms with van der Waals surface area (Å²) in [6.07, 6.45) is -2.08. The molecule has 0 atom stereocenters. The van der Waals surface area contributed by atoms with Crippen molar-refractivity contribution in [2.45, 2.75) is 20.0 Å². The second-order valence-electron chi connectivity index (χ2n) is 6.82. The summed E-state index contributed by atoms with van der Waals surface area (Å²) in [6, 6.07) is 7.24. The van der Waals surface area contributed by atoms with E-state index in [9.17, 15) is 27.6 Å². The van der Waals surface area contributed by atoms with E-state index >= 15 is 0 Å². The molecule has 12 heteroatoms.